The SMILES string of the molecule is c1ccc(-c2nc(-c3ccccc3)nc(-c3nc(-c4nc(-c5ccccc5)nc(-c5ccccc5)n4)nc(-c4nc5ccccc5n4-c4ccccc4)n3)n2)cc1. The highest BCUT2D eigenvalue weighted by atomic mass is 15.2. The zero-order chi connectivity index (χ0) is 38.0. The van der Waals surface area contributed by atoms with Crippen LogP contribution in [0.15, 0.2) is 176 Å². The smallest absolute Gasteiger partial charge is 0.202 e. The molecule has 0 radical (unpaired) electrons. The number of fused-ring (bicyclic) bond motifs is 1. The summed E-state index contributed by atoms with van der Waals surface area (Å²) in [6.07, 6.45) is 0. The maximum absolute atomic E-state index is 5.09. The first kappa shape index (κ1) is 33.4. The van der Waals surface area contributed by atoms with Gasteiger partial charge < -0.3 is 0 Å². The summed E-state index contributed by atoms with van der Waals surface area (Å²) in [5, 5.41) is 0. The van der Waals surface area contributed by atoms with Crippen molar-refractivity contribution in [1.82, 2.24) is 54.4 Å². The lowest BCUT2D eigenvalue weighted by Gasteiger charge is -2.12. The minimum Gasteiger partial charge on any atom is -0.290 e. The van der Waals surface area contributed by atoms with Gasteiger partial charge in [-0.25, -0.2) is 49.8 Å². The Morgan fingerprint density at radius 2 is 0.544 bits per heavy atom. The molecule has 11 heteroatoms. The van der Waals surface area contributed by atoms with Crippen molar-refractivity contribution >= 4 is 11.0 Å². The van der Waals surface area contributed by atoms with Crippen LogP contribution in [-0.2, 0) is 0 Å². The fourth-order valence-electron chi connectivity index (χ4n) is 6.51. The minimum atomic E-state index is 0.196. The van der Waals surface area contributed by atoms with Crippen molar-refractivity contribution in [1.29, 1.82) is 0 Å². The quantitative estimate of drug-likeness (QED) is 0.149. The summed E-state index contributed by atoms with van der Waals surface area (Å²) >= 11 is 0. The highest BCUT2D eigenvalue weighted by molar-refractivity contribution is 5.82. The number of aromatic nitrogens is 11. The molecule has 57 heavy (non-hydrogen) atoms. The van der Waals surface area contributed by atoms with Gasteiger partial charge in [0.25, 0.3) is 0 Å². The highest BCUT2D eigenvalue weighted by Crippen LogP contribution is 2.31. The van der Waals surface area contributed by atoms with Crippen LogP contribution < -0.4 is 0 Å². The molecule has 0 N–H and O–H groups in total. The molecule has 0 saturated carbocycles. The number of rotatable bonds is 8. The van der Waals surface area contributed by atoms with Gasteiger partial charge in [0.15, 0.2) is 29.1 Å². The molecule has 6 aromatic carbocycles. The van der Waals surface area contributed by atoms with Crippen LogP contribution in [0.3, 0.4) is 0 Å². The number of hydrogen-bond acceptors (Lipinski definition) is 10. The monoisotopic (exact) mass is 735 g/mol. The first-order valence-corrected chi connectivity index (χ1v) is 18.3. The first-order valence-electron chi connectivity index (χ1n) is 18.3. The van der Waals surface area contributed by atoms with Gasteiger partial charge in [0, 0.05) is 27.9 Å². The van der Waals surface area contributed by atoms with Crippen molar-refractivity contribution in [3.8, 4) is 86.2 Å². The third kappa shape index (κ3) is 6.66. The molecule has 0 spiro atoms. The van der Waals surface area contributed by atoms with Crippen molar-refractivity contribution in [3.63, 3.8) is 0 Å². The van der Waals surface area contributed by atoms with Gasteiger partial charge >= 0.3 is 0 Å². The topological polar surface area (TPSA) is 134 Å². The summed E-state index contributed by atoms with van der Waals surface area (Å²) < 4.78 is 2.04. The van der Waals surface area contributed by atoms with Gasteiger partial charge in [-0.3, -0.25) is 4.57 Å². The predicted octanol–water partition coefficient (Wildman–Crippen LogP) is 9.25. The lowest BCUT2D eigenvalue weighted by Crippen LogP contribution is -2.09. The van der Waals surface area contributed by atoms with E-state index in [-0.39, 0.29) is 29.1 Å². The Labute approximate surface area is 326 Å². The molecule has 0 fully saturated rings. The Morgan fingerprint density at radius 3 is 0.947 bits per heavy atom. The number of nitrogens with zero attached hydrogens (tertiary/aromatic N) is 11. The van der Waals surface area contributed by atoms with Crippen LogP contribution in [0.25, 0.3) is 97.2 Å². The van der Waals surface area contributed by atoms with E-state index in [0.717, 1.165) is 39.0 Å². The Morgan fingerprint density at radius 1 is 0.246 bits per heavy atom. The molecule has 0 bridgehead atoms. The van der Waals surface area contributed by atoms with Crippen LogP contribution in [0, 0.1) is 0 Å². The molecule has 0 unspecified atom stereocenters. The molecule has 0 aliphatic carbocycles. The third-order valence-electron chi connectivity index (χ3n) is 9.21. The Hall–Kier alpha value is -8.18. The summed E-state index contributed by atoms with van der Waals surface area (Å²) in [5.41, 5.74) is 5.81. The lowest BCUT2D eigenvalue weighted by molar-refractivity contribution is 0.959. The highest BCUT2D eigenvalue weighted by Gasteiger charge is 2.24. The standard InChI is InChI=1S/C46H29N11/c1-6-18-30(19-7-1)37-48-38(31-20-8-2-9-21-31)51-41(50-37)43-54-44(42-52-39(32-22-10-3-11-23-32)49-40(53-42)33-24-12-4-13-25-33)56-45(55-43)46-47-35-28-16-17-29-36(35)57(46)34-26-14-5-15-27-34/h1-29H. The molecule has 0 saturated heterocycles. The fraction of sp³-hybridized carbons (Fsp3) is 0. The van der Waals surface area contributed by atoms with Crippen LogP contribution in [0.5, 0.6) is 0 Å². The lowest BCUT2D eigenvalue weighted by atomic mass is 10.2. The van der Waals surface area contributed by atoms with Crippen LogP contribution >= 0.6 is 0 Å². The molecule has 0 atom stereocenters. The largest absolute Gasteiger partial charge is 0.290 e. The number of para-hydroxylation sites is 3. The van der Waals surface area contributed by atoms with E-state index in [2.05, 4.69) is 0 Å². The van der Waals surface area contributed by atoms with Gasteiger partial charge in [-0.1, -0.05) is 152 Å². The van der Waals surface area contributed by atoms with Crippen molar-refractivity contribution in [2.75, 3.05) is 0 Å². The number of hydrogen-bond donors (Lipinski definition) is 0. The second-order valence-corrected chi connectivity index (χ2v) is 13.0. The molecule has 10 aromatic rings. The van der Waals surface area contributed by atoms with Gasteiger partial charge in [0.1, 0.15) is 0 Å². The zero-order valence-corrected chi connectivity index (χ0v) is 30.2. The van der Waals surface area contributed by atoms with Crippen LogP contribution in [0.4, 0.5) is 0 Å². The second kappa shape index (κ2) is 14.6. The predicted molar refractivity (Wildman–Crippen MR) is 219 cm³/mol. The molecule has 0 aliphatic heterocycles. The number of imidazole rings is 1. The Balaban J connectivity index is 1.26. The molecular formula is C46H29N11. The van der Waals surface area contributed by atoms with Crippen molar-refractivity contribution in [2.45, 2.75) is 0 Å². The fourth-order valence-corrected chi connectivity index (χ4v) is 6.51. The first-order chi connectivity index (χ1) is 28.2. The van der Waals surface area contributed by atoms with E-state index in [9.17, 15) is 0 Å². The normalized spacial score (nSPS) is 11.2. The Bertz CT molecular complexity index is 2740. The van der Waals surface area contributed by atoms with Crippen LogP contribution in [0.2, 0.25) is 0 Å². The van der Waals surface area contributed by atoms with E-state index in [1.54, 1.807) is 0 Å². The van der Waals surface area contributed by atoms with Crippen molar-refractivity contribution in [2.24, 2.45) is 0 Å². The average molecular weight is 736 g/mol. The average Bonchev–Trinajstić information content (AvgIpc) is 3.70. The van der Waals surface area contributed by atoms with Crippen molar-refractivity contribution in [3.05, 3.63) is 176 Å². The van der Waals surface area contributed by atoms with Crippen LogP contribution in [0.1, 0.15) is 0 Å². The summed E-state index contributed by atoms with van der Waals surface area (Å²) in [4.78, 5) is 49.9. The van der Waals surface area contributed by atoms with Gasteiger partial charge in [-0.2, -0.15) is 0 Å². The van der Waals surface area contributed by atoms with Crippen LogP contribution in [-0.4, -0.2) is 54.4 Å². The van der Waals surface area contributed by atoms with E-state index in [1.807, 2.05) is 180 Å². The van der Waals surface area contributed by atoms with Gasteiger partial charge in [-0.05, 0) is 24.3 Å². The molecular weight excluding hydrogens is 707 g/mol. The third-order valence-corrected chi connectivity index (χ3v) is 9.21. The zero-order valence-electron chi connectivity index (χ0n) is 30.2. The van der Waals surface area contributed by atoms with Crippen molar-refractivity contribution < 1.29 is 0 Å². The summed E-state index contributed by atoms with van der Waals surface area (Å²) in [7, 11) is 0. The second-order valence-electron chi connectivity index (χ2n) is 13.0. The van der Waals surface area contributed by atoms with E-state index in [0.29, 0.717) is 29.1 Å². The summed E-state index contributed by atoms with van der Waals surface area (Å²) in [6.45, 7) is 0. The minimum absolute atomic E-state index is 0.196. The molecule has 0 aliphatic rings. The molecule has 4 heterocycles. The number of benzene rings is 6. The van der Waals surface area contributed by atoms with E-state index in [1.165, 1.54) is 0 Å². The molecule has 268 valence electrons. The van der Waals surface area contributed by atoms with Gasteiger partial charge in [0.05, 0.1) is 11.0 Å². The maximum Gasteiger partial charge on any atom is 0.202 e. The molecule has 4 aromatic heterocycles. The summed E-state index contributed by atoms with van der Waals surface area (Å²) in [6, 6.07) is 57.0. The van der Waals surface area contributed by atoms with E-state index < -0.39 is 0 Å². The molecule has 0 amide bonds. The molecule has 11 nitrogen and oxygen atoms in total. The molecule has 10 rings (SSSR count). The van der Waals surface area contributed by atoms with E-state index >= 15 is 0 Å². The van der Waals surface area contributed by atoms with Gasteiger partial charge in [0.2, 0.25) is 29.1 Å². The maximum atomic E-state index is 5.09. The summed E-state index contributed by atoms with van der Waals surface area (Å²) in [5.74, 6) is 3.54. The Kier molecular flexibility index (Phi) is 8.54. The van der Waals surface area contributed by atoms with E-state index in [4.69, 9.17) is 49.8 Å². The van der Waals surface area contributed by atoms with Gasteiger partial charge in [-0.15, -0.1) is 0 Å².